The predicted molar refractivity (Wildman–Crippen MR) is 119 cm³/mol. The zero-order chi connectivity index (χ0) is 21.8. The lowest BCUT2D eigenvalue weighted by atomic mass is 10.1. The highest BCUT2D eigenvalue weighted by Gasteiger charge is 2.24. The highest BCUT2D eigenvalue weighted by atomic mass is 16.5. The molecule has 1 aliphatic heterocycles. The summed E-state index contributed by atoms with van der Waals surface area (Å²) < 4.78 is 12.7. The quantitative estimate of drug-likeness (QED) is 0.659. The first kappa shape index (κ1) is 20.9. The molecule has 0 radical (unpaired) electrons. The number of carbonyl (C=O) groups is 1. The molecule has 162 valence electrons. The molecule has 31 heavy (non-hydrogen) atoms. The topological polar surface area (TPSA) is 71.9 Å². The molecule has 2 heterocycles. The van der Waals surface area contributed by atoms with E-state index in [0.717, 1.165) is 31.9 Å². The number of benzene rings is 2. The number of amides is 1. The lowest BCUT2D eigenvalue weighted by Crippen LogP contribution is -2.52. The van der Waals surface area contributed by atoms with Gasteiger partial charge in [0.05, 0.1) is 25.5 Å². The first-order valence-electron chi connectivity index (χ1n) is 10.2. The van der Waals surface area contributed by atoms with Crippen LogP contribution in [0.25, 0.3) is 16.9 Å². The molecular weight excluding hydrogens is 394 g/mol. The number of nitrogens with zero attached hydrogens (tertiary/aromatic N) is 4. The fraction of sp³-hybridized carbons (Fsp3) is 0.304. The van der Waals surface area contributed by atoms with Crippen LogP contribution >= 0.6 is 0 Å². The maximum absolute atomic E-state index is 13.3. The number of hydrazine groups is 1. The molecule has 1 N–H and O–H groups in total. The van der Waals surface area contributed by atoms with Crippen molar-refractivity contribution in [3.63, 3.8) is 0 Å². The predicted octanol–water partition coefficient (Wildman–Crippen LogP) is 2.45. The van der Waals surface area contributed by atoms with Crippen molar-refractivity contribution < 1.29 is 14.3 Å². The van der Waals surface area contributed by atoms with Crippen LogP contribution in [0.2, 0.25) is 0 Å². The molecule has 1 aromatic heterocycles. The van der Waals surface area contributed by atoms with Crippen LogP contribution in [0.15, 0.2) is 54.7 Å². The third kappa shape index (κ3) is 4.55. The van der Waals surface area contributed by atoms with Crippen LogP contribution in [0.3, 0.4) is 0 Å². The summed E-state index contributed by atoms with van der Waals surface area (Å²) in [5.74, 6) is 1.08. The van der Waals surface area contributed by atoms with Gasteiger partial charge in [-0.05, 0) is 37.4 Å². The minimum absolute atomic E-state index is 0.202. The van der Waals surface area contributed by atoms with Gasteiger partial charge in [-0.25, -0.2) is 9.69 Å². The number of rotatable bonds is 6. The van der Waals surface area contributed by atoms with Gasteiger partial charge in [-0.3, -0.25) is 10.2 Å². The van der Waals surface area contributed by atoms with Gasteiger partial charge in [0.1, 0.15) is 17.2 Å². The Morgan fingerprint density at radius 3 is 2.42 bits per heavy atom. The second kappa shape index (κ2) is 9.20. The molecule has 0 atom stereocenters. The molecule has 0 saturated carbocycles. The standard InChI is InChI=1S/C23H27N5O3/c1-26-11-13-27(14-12-26)25-23(29)20-16-28(17-7-5-4-6-8-17)24-22(20)19-15-18(30-2)9-10-21(19)31-3/h4-10,15-16H,11-14H2,1-3H3,(H,25,29). The molecule has 0 aliphatic carbocycles. The van der Waals surface area contributed by atoms with Crippen molar-refractivity contribution in [1.82, 2.24) is 25.1 Å². The van der Waals surface area contributed by atoms with Crippen molar-refractivity contribution in [2.75, 3.05) is 47.4 Å². The molecule has 3 aromatic rings. The molecule has 4 rings (SSSR count). The number of hydrogen-bond donors (Lipinski definition) is 1. The molecule has 2 aromatic carbocycles. The summed E-state index contributed by atoms with van der Waals surface area (Å²) in [5, 5.41) is 6.71. The van der Waals surface area contributed by atoms with E-state index in [1.54, 1.807) is 25.1 Å². The lowest BCUT2D eigenvalue weighted by molar-refractivity contribution is 0.0663. The maximum Gasteiger partial charge on any atom is 0.269 e. The number of carbonyl (C=O) groups excluding carboxylic acids is 1. The van der Waals surface area contributed by atoms with Crippen molar-refractivity contribution in [3.05, 3.63) is 60.3 Å². The number of hydrogen-bond acceptors (Lipinski definition) is 6. The summed E-state index contributed by atoms with van der Waals surface area (Å²) in [7, 11) is 5.29. The highest BCUT2D eigenvalue weighted by Crippen LogP contribution is 2.35. The summed E-state index contributed by atoms with van der Waals surface area (Å²) in [5.41, 5.74) is 5.60. The minimum atomic E-state index is -0.202. The molecule has 1 amide bonds. The number of aromatic nitrogens is 2. The van der Waals surface area contributed by atoms with Crippen LogP contribution < -0.4 is 14.9 Å². The van der Waals surface area contributed by atoms with E-state index in [9.17, 15) is 4.79 Å². The van der Waals surface area contributed by atoms with Crippen molar-refractivity contribution in [2.45, 2.75) is 0 Å². The van der Waals surface area contributed by atoms with Crippen LogP contribution in [0.5, 0.6) is 11.5 Å². The number of piperazine rings is 1. The molecule has 0 spiro atoms. The Balaban J connectivity index is 1.75. The molecule has 1 aliphatic rings. The van der Waals surface area contributed by atoms with Gasteiger partial charge in [0.2, 0.25) is 0 Å². The van der Waals surface area contributed by atoms with Gasteiger partial charge in [0, 0.05) is 37.9 Å². The molecule has 8 heteroatoms. The molecule has 8 nitrogen and oxygen atoms in total. The van der Waals surface area contributed by atoms with E-state index in [-0.39, 0.29) is 5.91 Å². The smallest absolute Gasteiger partial charge is 0.269 e. The van der Waals surface area contributed by atoms with E-state index in [2.05, 4.69) is 17.4 Å². The van der Waals surface area contributed by atoms with Gasteiger partial charge in [0.15, 0.2) is 0 Å². The molecule has 1 saturated heterocycles. The average Bonchev–Trinajstić information content (AvgIpc) is 3.26. The van der Waals surface area contributed by atoms with E-state index < -0.39 is 0 Å². The molecule has 0 bridgehead atoms. The van der Waals surface area contributed by atoms with Crippen molar-refractivity contribution in [3.8, 4) is 28.4 Å². The van der Waals surface area contributed by atoms with E-state index in [1.807, 2.05) is 53.5 Å². The summed E-state index contributed by atoms with van der Waals surface area (Å²) in [4.78, 5) is 15.5. The second-order valence-corrected chi connectivity index (χ2v) is 7.47. The lowest BCUT2D eigenvalue weighted by Gasteiger charge is -2.32. The zero-order valence-corrected chi connectivity index (χ0v) is 18.0. The van der Waals surface area contributed by atoms with Gasteiger partial charge in [-0.15, -0.1) is 0 Å². The Bertz CT molecular complexity index is 1040. The number of methoxy groups -OCH3 is 2. The van der Waals surface area contributed by atoms with Crippen LogP contribution in [0.4, 0.5) is 0 Å². The van der Waals surface area contributed by atoms with Crippen LogP contribution in [-0.4, -0.2) is 73.0 Å². The van der Waals surface area contributed by atoms with Crippen molar-refractivity contribution in [2.24, 2.45) is 0 Å². The minimum Gasteiger partial charge on any atom is -0.497 e. The second-order valence-electron chi connectivity index (χ2n) is 7.47. The van der Waals surface area contributed by atoms with E-state index in [1.165, 1.54) is 0 Å². The Morgan fingerprint density at radius 1 is 1.00 bits per heavy atom. The number of para-hydroxylation sites is 1. The molecule has 1 fully saturated rings. The summed E-state index contributed by atoms with van der Waals surface area (Å²) >= 11 is 0. The average molecular weight is 422 g/mol. The number of likely N-dealkylation sites (N-methyl/N-ethyl adjacent to an activating group) is 1. The summed E-state index contributed by atoms with van der Waals surface area (Å²) in [6.45, 7) is 3.35. The normalized spacial score (nSPS) is 14.9. The summed E-state index contributed by atoms with van der Waals surface area (Å²) in [6, 6.07) is 15.2. The zero-order valence-electron chi connectivity index (χ0n) is 18.0. The van der Waals surface area contributed by atoms with Gasteiger partial charge in [-0.1, -0.05) is 18.2 Å². The number of ether oxygens (including phenoxy) is 2. The Hall–Kier alpha value is -3.36. The van der Waals surface area contributed by atoms with Crippen molar-refractivity contribution in [1.29, 1.82) is 0 Å². The number of nitrogens with one attached hydrogen (secondary N) is 1. The third-order valence-corrected chi connectivity index (χ3v) is 5.40. The third-order valence-electron chi connectivity index (χ3n) is 5.40. The first-order chi connectivity index (χ1) is 15.1. The molecule has 0 unspecified atom stereocenters. The first-order valence-corrected chi connectivity index (χ1v) is 10.2. The fourth-order valence-electron chi connectivity index (χ4n) is 3.57. The van der Waals surface area contributed by atoms with Crippen LogP contribution in [-0.2, 0) is 0 Å². The Labute approximate surface area is 181 Å². The largest absolute Gasteiger partial charge is 0.497 e. The Kier molecular flexibility index (Phi) is 6.20. The monoisotopic (exact) mass is 421 g/mol. The SMILES string of the molecule is COc1ccc(OC)c(-c2nn(-c3ccccc3)cc2C(=O)NN2CCN(C)CC2)c1. The fourth-order valence-corrected chi connectivity index (χ4v) is 3.57. The van der Waals surface area contributed by atoms with E-state index >= 15 is 0 Å². The van der Waals surface area contributed by atoms with Crippen molar-refractivity contribution >= 4 is 5.91 Å². The Morgan fingerprint density at radius 2 is 1.74 bits per heavy atom. The maximum atomic E-state index is 13.3. The highest BCUT2D eigenvalue weighted by molar-refractivity contribution is 6.00. The van der Waals surface area contributed by atoms with Gasteiger partial charge < -0.3 is 14.4 Å². The van der Waals surface area contributed by atoms with Crippen LogP contribution in [0, 0.1) is 0 Å². The van der Waals surface area contributed by atoms with Gasteiger partial charge >= 0.3 is 0 Å². The van der Waals surface area contributed by atoms with Gasteiger partial charge in [-0.2, -0.15) is 5.10 Å². The molecular formula is C23H27N5O3. The van der Waals surface area contributed by atoms with E-state index in [4.69, 9.17) is 14.6 Å². The van der Waals surface area contributed by atoms with Crippen LogP contribution in [0.1, 0.15) is 10.4 Å². The summed E-state index contributed by atoms with van der Waals surface area (Å²) in [6.07, 6.45) is 1.76. The van der Waals surface area contributed by atoms with E-state index in [0.29, 0.717) is 28.3 Å². The van der Waals surface area contributed by atoms with Gasteiger partial charge in [0.25, 0.3) is 5.91 Å².